The molecule has 1 aliphatic heterocycles. The van der Waals surface area contributed by atoms with Crippen LogP contribution in [0.5, 0.6) is 5.75 Å². The largest absolute Gasteiger partial charge is 0.496 e. The second-order valence-corrected chi connectivity index (χ2v) is 10.2. The first-order chi connectivity index (χ1) is 17.4. The fourth-order valence-electron chi connectivity index (χ4n) is 4.15. The number of hydrogen-bond acceptors (Lipinski definition) is 5. The third kappa shape index (κ3) is 5.85. The van der Waals surface area contributed by atoms with Crippen molar-refractivity contribution in [3.63, 3.8) is 0 Å². The van der Waals surface area contributed by atoms with Gasteiger partial charge in [-0.1, -0.05) is 42.5 Å². The van der Waals surface area contributed by atoms with Crippen LogP contribution < -0.4 is 14.8 Å². The van der Waals surface area contributed by atoms with E-state index in [0.717, 1.165) is 18.4 Å². The molecule has 1 saturated heterocycles. The lowest BCUT2D eigenvalue weighted by molar-refractivity contribution is 0.0789. The average Bonchev–Trinajstić information content (AvgIpc) is 3.44. The Hall–Kier alpha value is -3.85. The lowest BCUT2D eigenvalue weighted by atomic mass is 10.1. The number of carbonyl (C=O) groups excluding carboxylic acids is 2. The molecule has 0 unspecified atom stereocenters. The number of carbonyl (C=O) groups is 2. The number of ether oxygens (including phenoxy) is 1. The van der Waals surface area contributed by atoms with E-state index in [2.05, 4.69) is 10.0 Å². The summed E-state index contributed by atoms with van der Waals surface area (Å²) in [6.45, 7) is 1.67. The standard InChI is InChI=1S/C27H29N3O5S/c1-35-25-14-13-21(19-23(25)27(32)30-17-7-8-18-30)36(33,34)29-24-12-6-5-11-22(24)26(31)28-16-15-20-9-3-2-4-10-20/h2-6,9-14,19,29H,7-8,15-18H2,1H3,(H,28,31). The predicted octanol–water partition coefficient (Wildman–Crippen LogP) is 3.70. The number of methoxy groups -OCH3 is 1. The quantitative estimate of drug-likeness (QED) is 0.460. The molecule has 36 heavy (non-hydrogen) atoms. The van der Waals surface area contributed by atoms with Crippen molar-refractivity contribution < 1.29 is 22.7 Å². The Morgan fingerprint density at radius 3 is 2.33 bits per heavy atom. The van der Waals surface area contributed by atoms with Gasteiger partial charge in [0.15, 0.2) is 0 Å². The third-order valence-electron chi connectivity index (χ3n) is 6.06. The van der Waals surface area contributed by atoms with E-state index in [1.165, 1.54) is 31.4 Å². The van der Waals surface area contributed by atoms with Crippen LogP contribution in [0.3, 0.4) is 0 Å². The molecule has 9 heteroatoms. The smallest absolute Gasteiger partial charge is 0.261 e. The Morgan fingerprint density at radius 1 is 0.917 bits per heavy atom. The van der Waals surface area contributed by atoms with Crippen LogP contribution in [0.25, 0.3) is 0 Å². The fraction of sp³-hybridized carbons (Fsp3) is 0.259. The molecular formula is C27H29N3O5S. The number of nitrogens with zero attached hydrogens (tertiary/aromatic N) is 1. The van der Waals surface area contributed by atoms with E-state index in [0.29, 0.717) is 31.8 Å². The van der Waals surface area contributed by atoms with Gasteiger partial charge in [-0.2, -0.15) is 0 Å². The molecule has 3 aromatic carbocycles. The molecule has 0 radical (unpaired) electrons. The number of rotatable bonds is 9. The molecule has 2 amide bonds. The summed E-state index contributed by atoms with van der Waals surface area (Å²) in [5, 5.41) is 2.84. The van der Waals surface area contributed by atoms with Gasteiger partial charge >= 0.3 is 0 Å². The van der Waals surface area contributed by atoms with E-state index < -0.39 is 10.0 Å². The Balaban J connectivity index is 1.52. The van der Waals surface area contributed by atoms with Crippen LogP contribution in [0.4, 0.5) is 5.69 Å². The fourth-order valence-corrected chi connectivity index (χ4v) is 5.25. The number of nitrogens with one attached hydrogen (secondary N) is 2. The van der Waals surface area contributed by atoms with Gasteiger partial charge in [-0.3, -0.25) is 14.3 Å². The SMILES string of the molecule is COc1ccc(S(=O)(=O)Nc2ccccc2C(=O)NCCc2ccccc2)cc1C(=O)N1CCCC1. The van der Waals surface area contributed by atoms with Crippen molar-refractivity contribution in [1.29, 1.82) is 0 Å². The molecular weight excluding hydrogens is 478 g/mol. The molecule has 0 aliphatic carbocycles. The summed E-state index contributed by atoms with van der Waals surface area (Å²) >= 11 is 0. The number of benzene rings is 3. The highest BCUT2D eigenvalue weighted by molar-refractivity contribution is 7.92. The van der Waals surface area contributed by atoms with Crippen molar-refractivity contribution >= 4 is 27.5 Å². The number of likely N-dealkylation sites (tertiary alicyclic amines) is 1. The van der Waals surface area contributed by atoms with Crippen LogP contribution in [0.1, 0.15) is 39.1 Å². The molecule has 1 aliphatic rings. The van der Waals surface area contributed by atoms with E-state index in [9.17, 15) is 18.0 Å². The molecule has 0 bridgehead atoms. The molecule has 4 rings (SSSR count). The number of anilines is 1. The third-order valence-corrected chi connectivity index (χ3v) is 7.43. The lowest BCUT2D eigenvalue weighted by Gasteiger charge is -2.18. The zero-order valence-electron chi connectivity index (χ0n) is 20.1. The normalized spacial score (nSPS) is 13.3. The highest BCUT2D eigenvalue weighted by Crippen LogP contribution is 2.27. The highest BCUT2D eigenvalue weighted by Gasteiger charge is 2.26. The maximum absolute atomic E-state index is 13.3. The first-order valence-corrected chi connectivity index (χ1v) is 13.3. The van der Waals surface area contributed by atoms with Gasteiger partial charge in [0.05, 0.1) is 28.8 Å². The highest BCUT2D eigenvalue weighted by atomic mass is 32.2. The summed E-state index contributed by atoms with van der Waals surface area (Å²) in [5.74, 6) is -0.340. The predicted molar refractivity (Wildman–Crippen MR) is 138 cm³/mol. The summed E-state index contributed by atoms with van der Waals surface area (Å²) in [5.41, 5.74) is 1.63. The molecule has 8 nitrogen and oxygen atoms in total. The minimum atomic E-state index is -4.09. The zero-order valence-corrected chi connectivity index (χ0v) is 20.9. The van der Waals surface area contributed by atoms with Gasteiger partial charge in [-0.25, -0.2) is 8.42 Å². The topological polar surface area (TPSA) is 105 Å². The minimum absolute atomic E-state index is 0.0925. The molecule has 1 fully saturated rings. The van der Waals surface area contributed by atoms with Gasteiger partial charge in [-0.05, 0) is 55.2 Å². The van der Waals surface area contributed by atoms with Gasteiger partial charge in [-0.15, -0.1) is 0 Å². The zero-order chi connectivity index (χ0) is 25.5. The number of sulfonamides is 1. The Bertz CT molecular complexity index is 1340. The molecule has 3 aromatic rings. The molecule has 188 valence electrons. The van der Waals surface area contributed by atoms with Crippen LogP contribution in [0, 0.1) is 0 Å². The molecule has 0 saturated carbocycles. The maximum Gasteiger partial charge on any atom is 0.261 e. The first-order valence-electron chi connectivity index (χ1n) is 11.8. The van der Waals surface area contributed by atoms with Crippen molar-refractivity contribution in [2.75, 3.05) is 31.5 Å². The Morgan fingerprint density at radius 2 is 1.61 bits per heavy atom. The van der Waals surface area contributed by atoms with Crippen LogP contribution in [-0.4, -0.2) is 51.9 Å². The first kappa shape index (κ1) is 25.2. The van der Waals surface area contributed by atoms with Crippen LogP contribution >= 0.6 is 0 Å². The summed E-state index contributed by atoms with van der Waals surface area (Å²) in [7, 11) is -2.65. The average molecular weight is 508 g/mol. The molecule has 0 aromatic heterocycles. The second-order valence-electron chi connectivity index (χ2n) is 8.50. The van der Waals surface area contributed by atoms with Crippen molar-refractivity contribution in [1.82, 2.24) is 10.2 Å². The van der Waals surface area contributed by atoms with Gasteiger partial charge in [0.2, 0.25) is 0 Å². The molecule has 0 atom stereocenters. The van der Waals surface area contributed by atoms with Crippen LogP contribution in [-0.2, 0) is 16.4 Å². The summed E-state index contributed by atoms with van der Waals surface area (Å²) in [4.78, 5) is 27.4. The van der Waals surface area contributed by atoms with Crippen LogP contribution in [0.15, 0.2) is 77.7 Å². The monoisotopic (exact) mass is 507 g/mol. The summed E-state index contributed by atoms with van der Waals surface area (Å²) < 4.78 is 34.4. The van der Waals surface area contributed by atoms with Crippen molar-refractivity contribution in [3.8, 4) is 5.75 Å². The van der Waals surface area contributed by atoms with Crippen molar-refractivity contribution in [2.24, 2.45) is 0 Å². The number of hydrogen-bond donors (Lipinski definition) is 2. The lowest BCUT2D eigenvalue weighted by Crippen LogP contribution is -2.28. The number of para-hydroxylation sites is 1. The Kier molecular flexibility index (Phi) is 7.90. The molecule has 1 heterocycles. The Labute approximate surface area is 211 Å². The molecule has 2 N–H and O–H groups in total. The summed E-state index contributed by atoms with van der Waals surface area (Å²) in [6, 6.07) is 20.3. The van der Waals surface area contributed by atoms with Gasteiger partial charge in [0.1, 0.15) is 5.75 Å². The minimum Gasteiger partial charge on any atom is -0.496 e. The van der Waals surface area contributed by atoms with Crippen molar-refractivity contribution in [2.45, 2.75) is 24.2 Å². The van der Waals surface area contributed by atoms with Gasteiger partial charge in [0.25, 0.3) is 21.8 Å². The van der Waals surface area contributed by atoms with E-state index >= 15 is 0 Å². The van der Waals surface area contributed by atoms with E-state index in [1.54, 1.807) is 23.1 Å². The van der Waals surface area contributed by atoms with Crippen molar-refractivity contribution in [3.05, 3.63) is 89.5 Å². The van der Waals surface area contributed by atoms with Crippen LogP contribution in [0.2, 0.25) is 0 Å². The van der Waals surface area contributed by atoms with Gasteiger partial charge < -0.3 is 15.0 Å². The van der Waals surface area contributed by atoms with E-state index in [1.807, 2.05) is 30.3 Å². The summed E-state index contributed by atoms with van der Waals surface area (Å²) in [6.07, 6.45) is 2.48. The molecule has 0 spiro atoms. The maximum atomic E-state index is 13.3. The number of amides is 2. The van der Waals surface area contributed by atoms with Gasteiger partial charge in [0, 0.05) is 19.6 Å². The second kappa shape index (κ2) is 11.3. The van der Waals surface area contributed by atoms with E-state index in [-0.39, 0.29) is 33.5 Å². The van der Waals surface area contributed by atoms with E-state index in [4.69, 9.17) is 4.74 Å².